The Morgan fingerprint density at radius 1 is 1.23 bits per heavy atom. The Morgan fingerprint density at radius 2 is 1.77 bits per heavy atom. The van der Waals surface area contributed by atoms with E-state index in [-0.39, 0.29) is 11.6 Å². The normalized spacial score (nSPS) is 19.8. The number of carbonyl (C=O) groups excluding carboxylic acids is 1. The Bertz CT molecular complexity index is 589. The molecule has 0 bridgehead atoms. The van der Waals surface area contributed by atoms with Gasteiger partial charge in [0.25, 0.3) is 0 Å². The molecule has 0 aliphatic carbocycles. The third-order valence-corrected chi connectivity index (χ3v) is 10.7. The van der Waals surface area contributed by atoms with Crippen molar-refractivity contribution in [2.24, 2.45) is 0 Å². The van der Waals surface area contributed by atoms with Gasteiger partial charge in [-0.1, -0.05) is 0 Å². The number of rotatable bonds is 3. The van der Waals surface area contributed by atoms with Crippen molar-refractivity contribution in [3.8, 4) is 6.07 Å². The fourth-order valence-electron chi connectivity index (χ4n) is 3.57. The van der Waals surface area contributed by atoms with Crippen LogP contribution >= 0.6 is 7.26 Å². The summed E-state index contributed by atoms with van der Waals surface area (Å²) in [6, 6.07) is 5.84. The third kappa shape index (κ3) is 3.50. The summed E-state index contributed by atoms with van der Waals surface area (Å²) in [5.41, 5.74) is 3.60. The third-order valence-electron chi connectivity index (χ3n) is 5.34. The van der Waals surface area contributed by atoms with Crippen LogP contribution in [0.2, 0.25) is 0 Å². The van der Waals surface area contributed by atoms with Gasteiger partial charge in [-0.05, 0) is 0 Å². The zero-order chi connectivity index (χ0) is 16.3. The van der Waals surface area contributed by atoms with Gasteiger partial charge in [-0.3, -0.25) is 0 Å². The van der Waals surface area contributed by atoms with E-state index in [9.17, 15) is 4.79 Å². The molecule has 22 heavy (non-hydrogen) atoms. The predicted molar refractivity (Wildman–Crippen MR) is 96.5 cm³/mol. The van der Waals surface area contributed by atoms with Crippen LogP contribution in [0.15, 0.2) is 12.1 Å². The van der Waals surface area contributed by atoms with Crippen molar-refractivity contribution in [3.05, 3.63) is 28.8 Å². The Hall–Kier alpha value is -1.39. The number of hydrogen-bond acceptors (Lipinski definition) is 2. The summed E-state index contributed by atoms with van der Waals surface area (Å²) in [6.45, 7) is 8.40. The Morgan fingerprint density at radius 3 is 2.27 bits per heavy atom. The summed E-state index contributed by atoms with van der Waals surface area (Å²) >= 11 is 0. The first-order valence-corrected chi connectivity index (χ1v) is 11.2. The number of benzene rings is 1. The number of anilines is 1. The van der Waals surface area contributed by atoms with Crippen LogP contribution in [0, 0.1) is 25.2 Å². The molecule has 1 unspecified atom stereocenters. The molecule has 1 aliphatic heterocycles. The molecule has 3 nitrogen and oxygen atoms in total. The second-order valence-electron chi connectivity index (χ2n) is 7.02. The molecule has 1 aromatic rings. The molecule has 2 rings (SSSR count). The van der Waals surface area contributed by atoms with Crippen molar-refractivity contribution in [1.29, 1.82) is 5.26 Å². The number of carbonyl (C=O) groups is 1. The van der Waals surface area contributed by atoms with Gasteiger partial charge < -0.3 is 0 Å². The molecule has 1 heterocycles. The van der Waals surface area contributed by atoms with Crippen LogP contribution < -0.4 is 5.32 Å². The van der Waals surface area contributed by atoms with Crippen LogP contribution in [0.4, 0.5) is 5.69 Å². The molecule has 1 amide bonds. The standard InChI is InChI=1S/C18H27N2OP/c1-13-10-16(12-19)11-14(2)17(13)20-18(21)15(3)22(4)8-6-5-7-9-22/h10-11,15,22H,5-9H2,1-4H3,(H,20,21). The summed E-state index contributed by atoms with van der Waals surface area (Å²) in [5, 5.41) is 12.2. The van der Waals surface area contributed by atoms with Gasteiger partial charge in [0.2, 0.25) is 0 Å². The average Bonchev–Trinajstić information content (AvgIpc) is 2.50. The second kappa shape index (κ2) is 6.80. The van der Waals surface area contributed by atoms with Crippen molar-refractivity contribution in [3.63, 3.8) is 0 Å². The topological polar surface area (TPSA) is 52.9 Å². The summed E-state index contributed by atoms with van der Waals surface area (Å²) in [6.07, 6.45) is 6.44. The molecular formula is C18H27N2OP. The van der Waals surface area contributed by atoms with Crippen LogP contribution in [0.5, 0.6) is 0 Å². The van der Waals surface area contributed by atoms with Crippen molar-refractivity contribution in [2.75, 3.05) is 24.3 Å². The van der Waals surface area contributed by atoms with E-state index in [1.54, 1.807) is 0 Å². The number of hydrogen-bond donors (Lipinski definition) is 1. The van der Waals surface area contributed by atoms with E-state index in [1.165, 1.54) is 31.6 Å². The predicted octanol–water partition coefficient (Wildman–Crippen LogP) is 4.07. The van der Waals surface area contributed by atoms with Gasteiger partial charge in [-0.2, -0.15) is 0 Å². The zero-order valence-electron chi connectivity index (χ0n) is 14.1. The van der Waals surface area contributed by atoms with E-state index in [0.717, 1.165) is 16.8 Å². The van der Waals surface area contributed by atoms with E-state index in [0.29, 0.717) is 5.56 Å². The fourth-order valence-corrected chi connectivity index (χ4v) is 7.50. The van der Waals surface area contributed by atoms with Gasteiger partial charge in [0.1, 0.15) is 0 Å². The van der Waals surface area contributed by atoms with Crippen LogP contribution in [-0.4, -0.2) is 30.6 Å². The first kappa shape index (κ1) is 17.0. The van der Waals surface area contributed by atoms with Crippen molar-refractivity contribution in [2.45, 2.75) is 45.7 Å². The summed E-state index contributed by atoms with van der Waals surface area (Å²) in [7, 11) is -1.47. The number of nitrogens with zero attached hydrogens (tertiary/aromatic N) is 1. The van der Waals surface area contributed by atoms with Gasteiger partial charge in [-0.25, -0.2) is 0 Å². The van der Waals surface area contributed by atoms with E-state index in [1.807, 2.05) is 26.0 Å². The molecule has 0 aromatic heterocycles. The Labute approximate surface area is 134 Å². The van der Waals surface area contributed by atoms with Crippen LogP contribution in [0.25, 0.3) is 0 Å². The van der Waals surface area contributed by atoms with Crippen LogP contribution in [0.3, 0.4) is 0 Å². The first-order valence-electron chi connectivity index (χ1n) is 8.19. The minimum atomic E-state index is -1.47. The molecule has 1 aromatic carbocycles. The van der Waals surface area contributed by atoms with Gasteiger partial charge >= 0.3 is 134 Å². The zero-order valence-corrected chi connectivity index (χ0v) is 15.1. The number of amides is 1. The number of aryl methyl sites for hydroxylation is 2. The summed E-state index contributed by atoms with van der Waals surface area (Å²) in [4.78, 5) is 12.7. The second-order valence-corrected chi connectivity index (χ2v) is 12.2. The van der Waals surface area contributed by atoms with Crippen LogP contribution in [0.1, 0.15) is 42.9 Å². The quantitative estimate of drug-likeness (QED) is 0.854. The maximum absolute atomic E-state index is 12.7. The van der Waals surface area contributed by atoms with Crippen molar-refractivity contribution >= 4 is 18.9 Å². The molecule has 1 N–H and O–H groups in total. The molecule has 0 saturated carbocycles. The average molecular weight is 318 g/mol. The van der Waals surface area contributed by atoms with Gasteiger partial charge in [0.05, 0.1) is 0 Å². The van der Waals surface area contributed by atoms with Crippen molar-refractivity contribution in [1.82, 2.24) is 0 Å². The molecule has 4 heteroatoms. The first-order chi connectivity index (χ1) is 10.4. The monoisotopic (exact) mass is 318 g/mol. The molecule has 1 aliphatic rings. The summed E-state index contributed by atoms with van der Waals surface area (Å²) in [5.74, 6) is 0.159. The molecule has 1 atom stereocenters. The van der Waals surface area contributed by atoms with Gasteiger partial charge in [0, 0.05) is 0 Å². The Kier molecular flexibility index (Phi) is 5.24. The molecule has 120 valence electrons. The SMILES string of the molecule is Cc1cc(C#N)cc(C)c1NC(=O)C(C)[PH]1(C)CCCCC1. The summed E-state index contributed by atoms with van der Waals surface area (Å²) < 4.78 is 0. The van der Waals surface area contributed by atoms with Gasteiger partial charge in [-0.15, -0.1) is 0 Å². The molecule has 0 spiro atoms. The van der Waals surface area contributed by atoms with E-state index >= 15 is 0 Å². The Balaban J connectivity index is 2.17. The fraction of sp³-hybridized carbons (Fsp3) is 0.556. The molecule has 1 fully saturated rings. The van der Waals surface area contributed by atoms with E-state index in [2.05, 4.69) is 25.0 Å². The molecular weight excluding hydrogens is 291 g/mol. The maximum atomic E-state index is 12.7. The van der Waals surface area contributed by atoms with Crippen molar-refractivity contribution < 1.29 is 4.79 Å². The number of nitriles is 1. The van der Waals surface area contributed by atoms with Crippen LogP contribution in [-0.2, 0) is 4.79 Å². The number of nitrogens with one attached hydrogen (secondary N) is 1. The van der Waals surface area contributed by atoms with E-state index in [4.69, 9.17) is 5.26 Å². The minimum absolute atomic E-state index is 0.141. The molecule has 0 radical (unpaired) electrons. The van der Waals surface area contributed by atoms with E-state index < -0.39 is 7.26 Å². The van der Waals surface area contributed by atoms with Gasteiger partial charge in [0.15, 0.2) is 0 Å². The molecule has 1 saturated heterocycles.